The van der Waals surface area contributed by atoms with Gasteiger partial charge in [-0.1, -0.05) is 69.3 Å². The minimum atomic E-state index is -2.32. The third kappa shape index (κ3) is 6.78. The summed E-state index contributed by atoms with van der Waals surface area (Å²) in [5.41, 5.74) is 1.52. The third-order valence-corrected chi connectivity index (χ3v) is 11.4. The van der Waals surface area contributed by atoms with Crippen LogP contribution in [0.5, 0.6) is 0 Å². The molecule has 0 amide bonds. The Morgan fingerprint density at radius 3 is 2.17 bits per heavy atom. The predicted octanol–water partition coefficient (Wildman–Crippen LogP) is 4.12. The van der Waals surface area contributed by atoms with Crippen LogP contribution >= 0.6 is 0 Å². The average molecular weight is 502 g/mol. The highest BCUT2D eigenvalue weighted by Crippen LogP contribution is 2.40. The average Bonchev–Trinajstić information content (AvgIpc) is 2.84. The molecule has 0 saturated carbocycles. The first kappa shape index (κ1) is 27.5. The van der Waals surface area contributed by atoms with Gasteiger partial charge in [0.05, 0.1) is 18.2 Å². The second-order valence-electron chi connectivity index (χ2n) is 10.4. The van der Waals surface area contributed by atoms with Crippen molar-refractivity contribution in [3.8, 4) is 0 Å². The first-order valence-corrected chi connectivity index (χ1v) is 15.0. The van der Waals surface area contributed by atoms with Crippen molar-refractivity contribution in [2.24, 2.45) is 0 Å². The maximum Gasteiger partial charge on any atom is 0.338 e. The Balaban J connectivity index is 1.97. The van der Waals surface area contributed by atoms with E-state index in [4.69, 9.17) is 18.6 Å². The normalized spacial score (nSPS) is 25.3. The molecule has 2 N–H and O–H groups in total. The topological polar surface area (TPSA) is 86.2 Å². The highest BCUT2D eigenvalue weighted by molar-refractivity contribution is 6.74. The van der Waals surface area contributed by atoms with Gasteiger partial charge in [-0.05, 0) is 35.8 Å². The molecule has 35 heavy (non-hydrogen) atoms. The number of aliphatic hydroxyl groups excluding tert-OH is 1. The molecular formula is C27H39NO6Si. The lowest BCUT2D eigenvalue weighted by Crippen LogP contribution is -2.67. The molecule has 2 aromatic carbocycles. The summed E-state index contributed by atoms with van der Waals surface area (Å²) in [4.78, 5) is 13.2. The lowest BCUT2D eigenvalue weighted by molar-refractivity contribution is -0.260. The van der Waals surface area contributed by atoms with Gasteiger partial charge >= 0.3 is 5.97 Å². The zero-order chi connectivity index (χ0) is 25.6. The van der Waals surface area contributed by atoms with E-state index in [1.54, 1.807) is 31.4 Å². The van der Waals surface area contributed by atoms with E-state index >= 15 is 0 Å². The van der Waals surface area contributed by atoms with Crippen LogP contribution in [-0.4, -0.2) is 63.8 Å². The van der Waals surface area contributed by atoms with Gasteiger partial charge in [0, 0.05) is 13.7 Å². The second kappa shape index (κ2) is 11.8. The van der Waals surface area contributed by atoms with Crippen molar-refractivity contribution < 1.29 is 28.5 Å². The standard InChI is InChI=1S/C27H39NO6Si/c1-27(2,3)35(5,6)34-23-21(18-29)32-26(31-4)22(28-17-19-13-9-7-10-14-19)24(23)33-25(30)20-15-11-8-12-16-20/h7-16,21-24,26,28-29H,17-18H2,1-6H3/t21-,22-,23-,24-,26+/m1/s1. The van der Waals surface area contributed by atoms with Crippen LogP contribution in [0.4, 0.5) is 0 Å². The minimum Gasteiger partial charge on any atom is -0.454 e. The van der Waals surface area contributed by atoms with Crippen molar-refractivity contribution in [1.82, 2.24) is 5.32 Å². The Labute approximate surface area is 209 Å². The van der Waals surface area contributed by atoms with E-state index in [9.17, 15) is 9.90 Å². The van der Waals surface area contributed by atoms with E-state index in [-0.39, 0.29) is 11.6 Å². The van der Waals surface area contributed by atoms with Crippen molar-refractivity contribution >= 4 is 14.3 Å². The lowest BCUT2D eigenvalue weighted by atomic mass is 9.96. The van der Waals surface area contributed by atoms with E-state index in [1.807, 2.05) is 36.4 Å². The first-order chi connectivity index (χ1) is 16.6. The fourth-order valence-corrected chi connectivity index (χ4v) is 5.18. The zero-order valence-electron chi connectivity index (χ0n) is 21.6. The van der Waals surface area contributed by atoms with Gasteiger partial charge in [0.2, 0.25) is 0 Å². The summed E-state index contributed by atoms with van der Waals surface area (Å²) < 4.78 is 24.7. The molecule has 0 aliphatic carbocycles. The van der Waals surface area contributed by atoms with Gasteiger partial charge in [0.25, 0.3) is 0 Å². The fourth-order valence-electron chi connectivity index (χ4n) is 3.86. The van der Waals surface area contributed by atoms with E-state index in [0.717, 1.165) is 5.56 Å². The number of rotatable bonds is 9. The number of esters is 1. The lowest BCUT2D eigenvalue weighted by Gasteiger charge is -2.49. The maximum absolute atomic E-state index is 13.2. The maximum atomic E-state index is 13.2. The summed E-state index contributed by atoms with van der Waals surface area (Å²) in [5, 5.41) is 13.6. The molecule has 1 aliphatic rings. The highest BCUT2D eigenvalue weighted by Gasteiger charge is 2.52. The molecule has 1 fully saturated rings. The molecule has 0 spiro atoms. The van der Waals surface area contributed by atoms with Crippen molar-refractivity contribution in [3.05, 3.63) is 71.8 Å². The molecule has 3 rings (SSSR count). The van der Waals surface area contributed by atoms with E-state index in [0.29, 0.717) is 12.1 Å². The van der Waals surface area contributed by atoms with Crippen LogP contribution in [0, 0.1) is 0 Å². The van der Waals surface area contributed by atoms with Gasteiger partial charge in [-0.2, -0.15) is 0 Å². The zero-order valence-corrected chi connectivity index (χ0v) is 22.6. The first-order valence-electron chi connectivity index (χ1n) is 12.1. The largest absolute Gasteiger partial charge is 0.454 e. The number of benzene rings is 2. The third-order valence-electron chi connectivity index (χ3n) is 6.93. The van der Waals surface area contributed by atoms with E-state index in [2.05, 4.69) is 39.2 Å². The Hall–Kier alpha value is -2.07. The van der Waals surface area contributed by atoms with Crippen LogP contribution in [0.2, 0.25) is 18.1 Å². The highest BCUT2D eigenvalue weighted by atomic mass is 28.4. The molecule has 1 saturated heterocycles. The molecule has 0 bridgehead atoms. The second-order valence-corrected chi connectivity index (χ2v) is 15.2. The molecule has 8 heteroatoms. The van der Waals surface area contributed by atoms with E-state index < -0.39 is 44.9 Å². The molecule has 0 unspecified atom stereocenters. The van der Waals surface area contributed by atoms with Crippen LogP contribution in [0.3, 0.4) is 0 Å². The number of hydrogen-bond acceptors (Lipinski definition) is 7. The van der Waals surface area contributed by atoms with Crippen molar-refractivity contribution in [2.75, 3.05) is 13.7 Å². The molecule has 2 aromatic rings. The fraction of sp³-hybridized carbons (Fsp3) is 0.519. The summed E-state index contributed by atoms with van der Waals surface area (Å²) >= 11 is 0. The number of methoxy groups -OCH3 is 1. The monoisotopic (exact) mass is 501 g/mol. The van der Waals surface area contributed by atoms with Crippen LogP contribution in [0.15, 0.2) is 60.7 Å². The van der Waals surface area contributed by atoms with E-state index in [1.165, 1.54) is 0 Å². The molecule has 192 valence electrons. The quantitative estimate of drug-likeness (QED) is 0.395. The molecule has 1 heterocycles. The Morgan fingerprint density at radius 1 is 1.03 bits per heavy atom. The van der Waals surface area contributed by atoms with Crippen LogP contribution in [-0.2, 0) is 25.2 Å². The van der Waals surface area contributed by atoms with Crippen LogP contribution < -0.4 is 5.32 Å². The number of hydrogen-bond donors (Lipinski definition) is 2. The van der Waals surface area contributed by atoms with Gasteiger partial charge in [0.15, 0.2) is 14.6 Å². The number of nitrogens with one attached hydrogen (secondary N) is 1. The summed E-state index contributed by atoms with van der Waals surface area (Å²) in [6, 6.07) is 18.3. The van der Waals surface area contributed by atoms with Crippen molar-refractivity contribution in [2.45, 2.75) is 76.1 Å². The number of aliphatic hydroxyl groups is 1. The smallest absolute Gasteiger partial charge is 0.338 e. The molecule has 0 radical (unpaired) electrons. The molecule has 0 aromatic heterocycles. The Bertz CT molecular complexity index is 934. The number of carbonyl (C=O) groups excluding carboxylic acids is 1. The van der Waals surface area contributed by atoms with Crippen LogP contribution in [0.1, 0.15) is 36.7 Å². The summed E-state index contributed by atoms with van der Waals surface area (Å²) in [5.74, 6) is -0.459. The molecule has 5 atom stereocenters. The SMILES string of the molecule is CO[C@H]1O[C@H](CO)[C@@H](O[Si](C)(C)C(C)(C)C)[C@H](OC(=O)c2ccccc2)[C@H]1NCc1ccccc1. The molecular weight excluding hydrogens is 462 g/mol. The predicted molar refractivity (Wildman–Crippen MR) is 138 cm³/mol. The molecule has 1 aliphatic heterocycles. The van der Waals surface area contributed by atoms with Crippen LogP contribution in [0.25, 0.3) is 0 Å². The van der Waals surface area contributed by atoms with Gasteiger partial charge in [0.1, 0.15) is 18.3 Å². The van der Waals surface area contributed by atoms with Crippen molar-refractivity contribution in [3.63, 3.8) is 0 Å². The van der Waals surface area contributed by atoms with Gasteiger partial charge in [-0.3, -0.25) is 0 Å². The minimum absolute atomic E-state index is 0.0912. The number of ether oxygens (including phenoxy) is 3. The Morgan fingerprint density at radius 2 is 1.63 bits per heavy atom. The van der Waals surface area contributed by atoms with Gasteiger partial charge < -0.3 is 29.1 Å². The summed E-state index contributed by atoms with van der Waals surface area (Å²) in [7, 11) is -0.779. The van der Waals surface area contributed by atoms with Crippen molar-refractivity contribution in [1.29, 1.82) is 0 Å². The van der Waals surface area contributed by atoms with Gasteiger partial charge in [-0.25, -0.2) is 4.79 Å². The van der Waals surface area contributed by atoms with Gasteiger partial charge in [-0.15, -0.1) is 0 Å². The molecule has 7 nitrogen and oxygen atoms in total. The summed E-state index contributed by atoms with van der Waals surface area (Å²) in [6.45, 7) is 10.9. The Kier molecular flexibility index (Phi) is 9.26. The number of carbonyl (C=O) groups is 1. The summed E-state index contributed by atoms with van der Waals surface area (Å²) in [6.07, 6.45) is -2.88.